The Morgan fingerprint density at radius 3 is 2.70 bits per heavy atom. The lowest BCUT2D eigenvalue weighted by atomic mass is 9.95. The second-order valence-corrected chi connectivity index (χ2v) is 6.46. The summed E-state index contributed by atoms with van der Waals surface area (Å²) in [6.45, 7) is 3.98. The van der Waals surface area contributed by atoms with E-state index in [1.165, 1.54) is 12.5 Å². The number of carbonyl (C=O) groups excluding carboxylic acids is 2. The van der Waals surface area contributed by atoms with Crippen LogP contribution in [-0.2, 0) is 9.59 Å². The Labute approximate surface area is 160 Å². The van der Waals surface area contributed by atoms with E-state index in [4.69, 9.17) is 9.47 Å². The van der Waals surface area contributed by atoms with E-state index in [9.17, 15) is 9.59 Å². The molecule has 0 saturated heterocycles. The van der Waals surface area contributed by atoms with Crippen molar-refractivity contribution in [2.24, 2.45) is 0 Å². The minimum absolute atomic E-state index is 0.0165. The molecule has 0 radical (unpaired) electrons. The molecule has 1 aliphatic rings. The van der Waals surface area contributed by atoms with E-state index in [2.05, 4.69) is 17.2 Å². The van der Waals surface area contributed by atoms with Crippen molar-refractivity contribution in [3.8, 4) is 11.5 Å². The number of carbonyl (C=O) groups is 2. The fraction of sp³-hybridized carbons (Fsp3) is 0.429. The molecular formula is C21H28N2O4. The highest BCUT2D eigenvalue weighted by Gasteiger charge is 2.15. The van der Waals surface area contributed by atoms with E-state index in [0.29, 0.717) is 18.1 Å². The van der Waals surface area contributed by atoms with Gasteiger partial charge in [-0.3, -0.25) is 9.59 Å². The first kappa shape index (κ1) is 20.6. The Morgan fingerprint density at radius 1 is 1.22 bits per heavy atom. The molecule has 1 fully saturated rings. The third-order valence-corrected chi connectivity index (χ3v) is 4.36. The first-order chi connectivity index (χ1) is 13.1. The lowest BCUT2D eigenvalue weighted by molar-refractivity contribution is -0.124. The Bertz CT molecular complexity index is 679. The molecule has 2 N–H and O–H groups in total. The SMILES string of the molecule is C=CCOc1ccc(/C=C/C(=O)NCC(=O)NC2CCCCC2)cc1OC. The molecule has 146 valence electrons. The zero-order valence-electron chi connectivity index (χ0n) is 15.8. The summed E-state index contributed by atoms with van der Waals surface area (Å²) in [6.07, 6.45) is 10.3. The largest absolute Gasteiger partial charge is 0.493 e. The van der Waals surface area contributed by atoms with Crippen LogP contribution in [0.2, 0.25) is 0 Å². The van der Waals surface area contributed by atoms with Crippen LogP contribution >= 0.6 is 0 Å². The van der Waals surface area contributed by atoms with Gasteiger partial charge in [0, 0.05) is 12.1 Å². The van der Waals surface area contributed by atoms with Gasteiger partial charge in [-0.1, -0.05) is 38.0 Å². The van der Waals surface area contributed by atoms with Crippen LogP contribution in [0.25, 0.3) is 6.08 Å². The average Bonchev–Trinajstić information content (AvgIpc) is 2.70. The van der Waals surface area contributed by atoms with Crippen molar-refractivity contribution >= 4 is 17.9 Å². The molecule has 27 heavy (non-hydrogen) atoms. The predicted octanol–water partition coefficient (Wildman–Crippen LogP) is 2.84. The van der Waals surface area contributed by atoms with E-state index in [0.717, 1.165) is 31.2 Å². The maximum absolute atomic E-state index is 11.9. The fourth-order valence-electron chi connectivity index (χ4n) is 2.98. The van der Waals surface area contributed by atoms with Gasteiger partial charge >= 0.3 is 0 Å². The number of hydrogen-bond donors (Lipinski definition) is 2. The molecule has 2 amide bonds. The van der Waals surface area contributed by atoms with Gasteiger partial charge in [-0.25, -0.2) is 0 Å². The van der Waals surface area contributed by atoms with E-state index in [1.54, 1.807) is 31.4 Å². The standard InChI is InChI=1S/C21H28N2O4/c1-3-13-27-18-11-9-16(14-19(18)26-2)10-12-20(24)22-15-21(25)23-17-7-5-4-6-8-17/h3,9-12,14,17H,1,4-8,13,15H2,2H3,(H,22,24)(H,23,25)/b12-10+. The summed E-state index contributed by atoms with van der Waals surface area (Å²) in [5.74, 6) is 0.721. The highest BCUT2D eigenvalue weighted by molar-refractivity contribution is 5.94. The summed E-state index contributed by atoms with van der Waals surface area (Å²) in [6, 6.07) is 5.61. The minimum Gasteiger partial charge on any atom is -0.493 e. The second kappa shape index (κ2) is 11.1. The Morgan fingerprint density at radius 2 is 2.00 bits per heavy atom. The number of amides is 2. The fourth-order valence-corrected chi connectivity index (χ4v) is 2.98. The molecule has 0 aliphatic heterocycles. The topological polar surface area (TPSA) is 76.7 Å². The molecule has 0 aromatic heterocycles. The third kappa shape index (κ3) is 7.17. The Hall–Kier alpha value is -2.76. The van der Waals surface area contributed by atoms with Gasteiger partial charge in [0.25, 0.3) is 0 Å². The van der Waals surface area contributed by atoms with Crippen LogP contribution in [0.3, 0.4) is 0 Å². The summed E-state index contributed by atoms with van der Waals surface area (Å²) >= 11 is 0. The summed E-state index contributed by atoms with van der Waals surface area (Å²) in [5, 5.41) is 5.58. The quantitative estimate of drug-likeness (QED) is 0.516. The number of rotatable bonds is 9. The highest BCUT2D eigenvalue weighted by Crippen LogP contribution is 2.28. The molecule has 0 unspecified atom stereocenters. The molecule has 1 aliphatic carbocycles. The van der Waals surface area contributed by atoms with Crippen molar-refractivity contribution in [3.05, 3.63) is 42.5 Å². The van der Waals surface area contributed by atoms with Crippen LogP contribution in [0.4, 0.5) is 0 Å². The van der Waals surface area contributed by atoms with E-state index >= 15 is 0 Å². The van der Waals surface area contributed by atoms with Crippen molar-refractivity contribution in [3.63, 3.8) is 0 Å². The Kier molecular flexibility index (Phi) is 8.42. The van der Waals surface area contributed by atoms with Crippen LogP contribution < -0.4 is 20.1 Å². The smallest absolute Gasteiger partial charge is 0.244 e. The summed E-state index contributed by atoms with van der Waals surface area (Å²) in [5.41, 5.74) is 0.791. The lowest BCUT2D eigenvalue weighted by Gasteiger charge is -2.22. The van der Waals surface area contributed by atoms with Crippen LogP contribution in [0.15, 0.2) is 36.9 Å². The van der Waals surface area contributed by atoms with Crippen molar-refractivity contribution in [2.75, 3.05) is 20.3 Å². The number of methoxy groups -OCH3 is 1. The molecule has 1 aromatic carbocycles. The molecule has 0 atom stereocenters. The first-order valence-electron chi connectivity index (χ1n) is 9.29. The van der Waals surface area contributed by atoms with E-state index in [-0.39, 0.29) is 24.4 Å². The summed E-state index contributed by atoms with van der Waals surface area (Å²) in [7, 11) is 1.56. The molecule has 0 spiro atoms. The van der Waals surface area contributed by atoms with Crippen molar-refractivity contribution in [1.82, 2.24) is 10.6 Å². The molecule has 1 aromatic rings. The maximum atomic E-state index is 11.9. The number of nitrogens with one attached hydrogen (secondary N) is 2. The van der Waals surface area contributed by atoms with E-state index < -0.39 is 0 Å². The molecule has 0 heterocycles. The molecular weight excluding hydrogens is 344 g/mol. The molecule has 1 saturated carbocycles. The van der Waals surface area contributed by atoms with Gasteiger partial charge in [0.15, 0.2) is 11.5 Å². The third-order valence-electron chi connectivity index (χ3n) is 4.36. The van der Waals surface area contributed by atoms with Gasteiger partial charge in [-0.2, -0.15) is 0 Å². The normalized spacial score (nSPS) is 14.6. The molecule has 0 bridgehead atoms. The van der Waals surface area contributed by atoms with Gasteiger partial charge in [-0.15, -0.1) is 0 Å². The van der Waals surface area contributed by atoms with Gasteiger partial charge in [0.05, 0.1) is 13.7 Å². The van der Waals surface area contributed by atoms with Gasteiger partial charge in [0.2, 0.25) is 11.8 Å². The zero-order chi connectivity index (χ0) is 19.5. The minimum atomic E-state index is -0.320. The van der Waals surface area contributed by atoms with Crippen LogP contribution in [0.1, 0.15) is 37.7 Å². The van der Waals surface area contributed by atoms with Crippen LogP contribution in [0, 0.1) is 0 Å². The second-order valence-electron chi connectivity index (χ2n) is 6.46. The van der Waals surface area contributed by atoms with Crippen molar-refractivity contribution in [1.29, 1.82) is 0 Å². The molecule has 6 nitrogen and oxygen atoms in total. The van der Waals surface area contributed by atoms with Crippen molar-refractivity contribution in [2.45, 2.75) is 38.1 Å². The van der Waals surface area contributed by atoms with E-state index in [1.807, 2.05) is 6.07 Å². The van der Waals surface area contributed by atoms with Crippen molar-refractivity contribution < 1.29 is 19.1 Å². The first-order valence-corrected chi connectivity index (χ1v) is 9.29. The number of benzene rings is 1. The highest BCUT2D eigenvalue weighted by atomic mass is 16.5. The number of ether oxygens (including phenoxy) is 2. The van der Waals surface area contributed by atoms with Gasteiger partial charge in [-0.05, 0) is 36.6 Å². The van der Waals surface area contributed by atoms with Crippen LogP contribution in [0.5, 0.6) is 11.5 Å². The lowest BCUT2D eigenvalue weighted by Crippen LogP contribution is -2.42. The summed E-state index contributed by atoms with van der Waals surface area (Å²) in [4.78, 5) is 23.8. The monoisotopic (exact) mass is 372 g/mol. The molecule has 6 heteroatoms. The average molecular weight is 372 g/mol. The maximum Gasteiger partial charge on any atom is 0.244 e. The van der Waals surface area contributed by atoms with Crippen LogP contribution in [-0.4, -0.2) is 38.1 Å². The number of hydrogen-bond acceptors (Lipinski definition) is 4. The predicted molar refractivity (Wildman–Crippen MR) is 106 cm³/mol. The Balaban J connectivity index is 1.81. The van der Waals surface area contributed by atoms with Gasteiger partial charge in [0.1, 0.15) is 6.61 Å². The van der Waals surface area contributed by atoms with Gasteiger partial charge < -0.3 is 20.1 Å². The summed E-state index contributed by atoms with van der Waals surface area (Å²) < 4.78 is 10.8. The zero-order valence-corrected chi connectivity index (χ0v) is 15.8. The molecule has 2 rings (SSSR count).